The summed E-state index contributed by atoms with van der Waals surface area (Å²) in [4.78, 5) is 4.87. The van der Waals surface area contributed by atoms with Crippen LogP contribution in [0.25, 0.3) is 99.7 Å². The number of nitrogens with zero attached hydrogens (tertiary/aromatic N) is 1. The van der Waals surface area contributed by atoms with Crippen LogP contribution in [0.3, 0.4) is 0 Å². The van der Waals surface area contributed by atoms with E-state index >= 15 is 0 Å². The van der Waals surface area contributed by atoms with Crippen LogP contribution >= 0.6 is 0 Å². The standard InChI is InChI=1S/C54H37NO/c1-54(2)47-31-36(53-55-49-27-15-16-28-50(49)56-53)29-30-39(47)44-32-45-46(33-48(44)54)52(41-24-12-10-22-38(41)35-19-7-4-8-20-35)43-26-14-13-25-42(43)51(45)40-23-11-9-21-37(40)34-17-5-3-6-18-34/h3-33H,1-2H3. The Hall–Kier alpha value is -7.03. The van der Waals surface area contributed by atoms with Gasteiger partial charge in [0.15, 0.2) is 5.58 Å². The molecule has 0 amide bonds. The van der Waals surface area contributed by atoms with Crippen LogP contribution in [0.1, 0.15) is 25.0 Å². The number of hydrogen-bond donors (Lipinski definition) is 0. The fraction of sp³-hybridized carbons (Fsp3) is 0.0556. The second-order valence-electron chi connectivity index (χ2n) is 15.4. The zero-order chi connectivity index (χ0) is 37.4. The zero-order valence-electron chi connectivity index (χ0n) is 31.3. The number of aromatic nitrogens is 1. The molecule has 0 saturated carbocycles. The van der Waals surface area contributed by atoms with Gasteiger partial charge in [-0.3, -0.25) is 0 Å². The molecule has 11 rings (SSSR count). The molecule has 9 aromatic carbocycles. The van der Waals surface area contributed by atoms with Crippen molar-refractivity contribution >= 4 is 32.6 Å². The maximum Gasteiger partial charge on any atom is 0.227 e. The summed E-state index contributed by atoms with van der Waals surface area (Å²) in [6.07, 6.45) is 0. The van der Waals surface area contributed by atoms with Crippen LogP contribution in [0, 0.1) is 0 Å². The molecule has 0 fully saturated rings. The molecule has 0 aliphatic heterocycles. The van der Waals surface area contributed by atoms with E-state index in [4.69, 9.17) is 9.40 Å². The molecule has 0 saturated heterocycles. The Morgan fingerprint density at radius 2 is 0.875 bits per heavy atom. The Balaban J connectivity index is 1.24. The molecular formula is C54H37NO. The van der Waals surface area contributed by atoms with Gasteiger partial charge in [0.25, 0.3) is 0 Å². The van der Waals surface area contributed by atoms with Crippen molar-refractivity contribution < 1.29 is 4.42 Å². The lowest BCUT2D eigenvalue weighted by atomic mass is 9.78. The lowest BCUT2D eigenvalue weighted by molar-refractivity contribution is 0.618. The normalized spacial score (nSPS) is 13.0. The van der Waals surface area contributed by atoms with Crippen molar-refractivity contribution in [3.8, 4) is 67.1 Å². The molecule has 0 unspecified atom stereocenters. The van der Waals surface area contributed by atoms with E-state index in [-0.39, 0.29) is 5.41 Å². The van der Waals surface area contributed by atoms with E-state index in [1.165, 1.54) is 88.3 Å². The summed E-state index contributed by atoms with van der Waals surface area (Å²) in [6.45, 7) is 4.73. The van der Waals surface area contributed by atoms with Crippen molar-refractivity contribution in [1.82, 2.24) is 4.98 Å². The number of hydrogen-bond acceptors (Lipinski definition) is 2. The van der Waals surface area contributed by atoms with E-state index in [9.17, 15) is 0 Å². The molecule has 0 atom stereocenters. The fourth-order valence-corrected chi connectivity index (χ4v) is 9.25. The summed E-state index contributed by atoms with van der Waals surface area (Å²) >= 11 is 0. The Labute approximate surface area is 326 Å². The summed E-state index contributed by atoms with van der Waals surface area (Å²) in [7, 11) is 0. The highest BCUT2D eigenvalue weighted by Gasteiger charge is 2.37. The number of para-hydroxylation sites is 2. The van der Waals surface area contributed by atoms with Gasteiger partial charge < -0.3 is 4.42 Å². The number of oxazole rings is 1. The Bertz CT molecular complexity index is 3120. The van der Waals surface area contributed by atoms with Gasteiger partial charge in [0, 0.05) is 11.0 Å². The van der Waals surface area contributed by atoms with Crippen molar-refractivity contribution in [2.45, 2.75) is 19.3 Å². The molecule has 0 radical (unpaired) electrons. The molecule has 1 aliphatic rings. The van der Waals surface area contributed by atoms with Crippen molar-refractivity contribution in [2.24, 2.45) is 0 Å². The third kappa shape index (κ3) is 4.92. The minimum atomic E-state index is -0.273. The smallest absolute Gasteiger partial charge is 0.227 e. The number of benzene rings is 9. The van der Waals surface area contributed by atoms with Crippen LogP contribution in [0.2, 0.25) is 0 Å². The molecule has 264 valence electrons. The molecule has 1 heterocycles. The van der Waals surface area contributed by atoms with Crippen molar-refractivity contribution in [2.75, 3.05) is 0 Å². The average molecular weight is 716 g/mol. The molecule has 2 nitrogen and oxygen atoms in total. The Morgan fingerprint density at radius 3 is 1.48 bits per heavy atom. The van der Waals surface area contributed by atoms with Gasteiger partial charge in [-0.1, -0.05) is 166 Å². The monoisotopic (exact) mass is 715 g/mol. The summed E-state index contributed by atoms with van der Waals surface area (Å²) < 4.78 is 6.28. The molecule has 2 heteroatoms. The first-order chi connectivity index (χ1) is 27.5. The summed E-state index contributed by atoms with van der Waals surface area (Å²) in [5.41, 5.74) is 17.4. The van der Waals surface area contributed by atoms with Gasteiger partial charge in [0.2, 0.25) is 5.89 Å². The molecule has 0 spiro atoms. The third-order valence-corrected chi connectivity index (χ3v) is 11.9. The van der Waals surface area contributed by atoms with Gasteiger partial charge in [-0.2, -0.15) is 0 Å². The maximum absolute atomic E-state index is 6.28. The lowest BCUT2D eigenvalue weighted by Crippen LogP contribution is -2.15. The molecule has 1 aromatic heterocycles. The highest BCUT2D eigenvalue weighted by Crippen LogP contribution is 2.55. The van der Waals surface area contributed by atoms with Gasteiger partial charge in [-0.25, -0.2) is 4.98 Å². The van der Waals surface area contributed by atoms with Crippen LogP contribution in [0.4, 0.5) is 0 Å². The van der Waals surface area contributed by atoms with Crippen LogP contribution in [-0.2, 0) is 5.41 Å². The van der Waals surface area contributed by atoms with Crippen LogP contribution in [-0.4, -0.2) is 4.98 Å². The minimum Gasteiger partial charge on any atom is -0.436 e. The molecule has 0 N–H and O–H groups in total. The van der Waals surface area contributed by atoms with E-state index in [0.717, 1.165) is 16.7 Å². The molecular weight excluding hydrogens is 679 g/mol. The highest BCUT2D eigenvalue weighted by molar-refractivity contribution is 6.24. The predicted molar refractivity (Wildman–Crippen MR) is 234 cm³/mol. The minimum absolute atomic E-state index is 0.273. The summed E-state index contributed by atoms with van der Waals surface area (Å²) in [5, 5.41) is 4.98. The van der Waals surface area contributed by atoms with Crippen LogP contribution in [0.5, 0.6) is 0 Å². The van der Waals surface area contributed by atoms with E-state index in [1.54, 1.807) is 0 Å². The van der Waals surface area contributed by atoms with Gasteiger partial charge in [0.05, 0.1) is 0 Å². The second kappa shape index (κ2) is 12.5. The first-order valence-electron chi connectivity index (χ1n) is 19.4. The van der Waals surface area contributed by atoms with Crippen molar-refractivity contribution in [3.63, 3.8) is 0 Å². The first kappa shape index (κ1) is 32.4. The highest BCUT2D eigenvalue weighted by atomic mass is 16.3. The quantitative estimate of drug-likeness (QED) is 0.166. The third-order valence-electron chi connectivity index (χ3n) is 11.9. The van der Waals surface area contributed by atoms with Crippen molar-refractivity contribution in [1.29, 1.82) is 0 Å². The largest absolute Gasteiger partial charge is 0.436 e. The summed E-state index contributed by atoms with van der Waals surface area (Å²) in [6, 6.07) is 68.2. The van der Waals surface area contributed by atoms with E-state index in [1.807, 2.05) is 24.3 Å². The van der Waals surface area contributed by atoms with E-state index in [2.05, 4.69) is 178 Å². The lowest BCUT2D eigenvalue weighted by Gasteiger charge is -2.25. The molecule has 0 bridgehead atoms. The van der Waals surface area contributed by atoms with E-state index in [0.29, 0.717) is 5.89 Å². The molecule has 1 aliphatic carbocycles. The Morgan fingerprint density at radius 1 is 0.375 bits per heavy atom. The van der Waals surface area contributed by atoms with E-state index < -0.39 is 0 Å². The van der Waals surface area contributed by atoms with Crippen LogP contribution < -0.4 is 0 Å². The van der Waals surface area contributed by atoms with Gasteiger partial charge in [-0.05, 0) is 125 Å². The van der Waals surface area contributed by atoms with Crippen LogP contribution in [0.15, 0.2) is 192 Å². The topological polar surface area (TPSA) is 26.0 Å². The van der Waals surface area contributed by atoms with Crippen molar-refractivity contribution in [3.05, 3.63) is 199 Å². The van der Waals surface area contributed by atoms with Gasteiger partial charge >= 0.3 is 0 Å². The number of fused-ring (bicyclic) bond motifs is 6. The van der Waals surface area contributed by atoms with Gasteiger partial charge in [-0.15, -0.1) is 0 Å². The fourth-order valence-electron chi connectivity index (χ4n) is 9.25. The zero-order valence-corrected chi connectivity index (χ0v) is 31.3. The molecule has 56 heavy (non-hydrogen) atoms. The maximum atomic E-state index is 6.28. The SMILES string of the molecule is CC1(C)c2cc(-c3nc4ccccc4o3)ccc2-c2cc3c(-c4ccccc4-c4ccccc4)c4ccccc4c(-c4ccccc4-c4ccccc4)c3cc21. The molecule has 10 aromatic rings. The van der Waals surface area contributed by atoms with Gasteiger partial charge in [0.1, 0.15) is 5.52 Å². The average Bonchev–Trinajstić information content (AvgIpc) is 3.79. The summed E-state index contributed by atoms with van der Waals surface area (Å²) in [5.74, 6) is 0.650. The first-order valence-corrected chi connectivity index (χ1v) is 19.4. The second-order valence-corrected chi connectivity index (χ2v) is 15.4. The Kier molecular flexibility index (Phi) is 7.24. The predicted octanol–water partition coefficient (Wildman–Crippen LogP) is 14.8. The number of rotatable bonds is 5.